The highest BCUT2D eigenvalue weighted by atomic mass is 32.1. The summed E-state index contributed by atoms with van der Waals surface area (Å²) < 4.78 is 8.95. The minimum absolute atomic E-state index is 0.261. The van der Waals surface area contributed by atoms with E-state index in [0.29, 0.717) is 0 Å². The molecule has 0 aliphatic heterocycles. The third-order valence-electron chi connectivity index (χ3n) is 0.943. The summed E-state index contributed by atoms with van der Waals surface area (Å²) in [5, 5.41) is 3.13. The van der Waals surface area contributed by atoms with E-state index in [-0.39, 0.29) is 24.4 Å². The number of hydrogen-bond acceptors (Lipinski definition) is 5. The number of hydrogen-bond donors (Lipinski definition) is 0. The van der Waals surface area contributed by atoms with E-state index in [0.717, 1.165) is 0 Å². The molecule has 0 aliphatic rings. The molecule has 0 saturated heterocycles. The number of thiophene rings is 1. The van der Waals surface area contributed by atoms with E-state index in [1.165, 1.54) is 11.3 Å². The van der Waals surface area contributed by atoms with Crippen LogP contribution in [0.3, 0.4) is 0 Å². The Morgan fingerprint density at radius 2 is 1.55 bits per heavy atom. The van der Waals surface area contributed by atoms with E-state index < -0.39 is 0 Å². The molecule has 0 unspecified atom stereocenters. The molecule has 1 aromatic heterocycles. The Labute approximate surface area is 66.4 Å². The summed E-state index contributed by atoms with van der Waals surface area (Å²) in [6.45, 7) is 0.555. The van der Waals surface area contributed by atoms with Crippen molar-refractivity contribution in [1.82, 2.24) is 0 Å². The van der Waals surface area contributed by atoms with Crippen LogP contribution in [-0.2, 0) is 9.59 Å². The largest absolute Gasteiger partial charge is 0.424 e. The molecule has 0 bridgehead atoms. The van der Waals surface area contributed by atoms with Gasteiger partial charge >= 0.3 is 0 Å². The Kier molecular flexibility index (Phi) is 2.62. The second kappa shape index (κ2) is 3.72. The highest BCUT2D eigenvalue weighted by Gasteiger charge is 2.04. The minimum atomic E-state index is 0.261. The molecule has 58 valence electrons. The quantitative estimate of drug-likeness (QED) is 0.631. The van der Waals surface area contributed by atoms with Crippen LogP contribution in [0.5, 0.6) is 11.5 Å². The Balaban J connectivity index is 2.76. The number of carbonyl (C=O) groups excluding carboxylic acids is 2. The first-order valence-electron chi connectivity index (χ1n) is 2.65. The lowest BCUT2D eigenvalue weighted by molar-refractivity contribution is -0.123. The minimum Gasteiger partial charge on any atom is -0.424 e. The topological polar surface area (TPSA) is 52.6 Å². The van der Waals surface area contributed by atoms with E-state index >= 15 is 0 Å². The van der Waals surface area contributed by atoms with Gasteiger partial charge in [0.25, 0.3) is 12.9 Å². The van der Waals surface area contributed by atoms with Crippen LogP contribution in [0.15, 0.2) is 10.8 Å². The summed E-state index contributed by atoms with van der Waals surface area (Å²) in [5.41, 5.74) is 0. The zero-order valence-corrected chi connectivity index (χ0v) is 6.17. The van der Waals surface area contributed by atoms with Gasteiger partial charge in [0.15, 0.2) is 11.5 Å². The molecule has 0 N–H and O–H groups in total. The van der Waals surface area contributed by atoms with Crippen LogP contribution >= 0.6 is 11.3 Å². The van der Waals surface area contributed by atoms with Gasteiger partial charge in [0, 0.05) is 10.8 Å². The smallest absolute Gasteiger partial charge is 0.298 e. The van der Waals surface area contributed by atoms with Gasteiger partial charge in [-0.1, -0.05) is 0 Å². The van der Waals surface area contributed by atoms with Crippen LogP contribution in [0.25, 0.3) is 0 Å². The fraction of sp³-hybridized carbons (Fsp3) is 0. The van der Waals surface area contributed by atoms with E-state index in [4.69, 9.17) is 0 Å². The fourth-order valence-electron chi connectivity index (χ4n) is 0.549. The Morgan fingerprint density at radius 3 is 1.91 bits per heavy atom. The molecular weight excluding hydrogens is 168 g/mol. The highest BCUT2D eigenvalue weighted by molar-refractivity contribution is 7.08. The molecular formula is C6H4O4S. The van der Waals surface area contributed by atoms with Gasteiger partial charge in [-0.05, 0) is 0 Å². The zero-order chi connectivity index (χ0) is 8.10. The molecule has 0 spiro atoms. The second-order valence-corrected chi connectivity index (χ2v) is 2.27. The average Bonchev–Trinajstić information content (AvgIpc) is 2.39. The second-order valence-electron chi connectivity index (χ2n) is 1.53. The molecule has 11 heavy (non-hydrogen) atoms. The summed E-state index contributed by atoms with van der Waals surface area (Å²) >= 11 is 1.28. The van der Waals surface area contributed by atoms with Gasteiger partial charge in [-0.15, -0.1) is 11.3 Å². The van der Waals surface area contributed by atoms with Gasteiger partial charge in [-0.2, -0.15) is 0 Å². The predicted molar refractivity (Wildman–Crippen MR) is 37.7 cm³/mol. The van der Waals surface area contributed by atoms with Gasteiger partial charge in [0.1, 0.15) is 0 Å². The third kappa shape index (κ3) is 1.78. The first kappa shape index (κ1) is 7.74. The molecule has 0 radical (unpaired) electrons. The number of rotatable bonds is 4. The summed E-state index contributed by atoms with van der Waals surface area (Å²) in [6, 6.07) is 0. The van der Waals surface area contributed by atoms with E-state index in [9.17, 15) is 9.59 Å². The summed E-state index contributed by atoms with van der Waals surface area (Å²) in [5.74, 6) is 0.522. The van der Waals surface area contributed by atoms with Gasteiger partial charge in [-0.25, -0.2) is 0 Å². The first-order chi connectivity index (χ1) is 5.38. The van der Waals surface area contributed by atoms with Crippen molar-refractivity contribution in [3.63, 3.8) is 0 Å². The van der Waals surface area contributed by atoms with Gasteiger partial charge < -0.3 is 9.47 Å². The normalized spacial score (nSPS) is 8.73. The number of carbonyl (C=O) groups is 2. The molecule has 5 heteroatoms. The van der Waals surface area contributed by atoms with E-state index in [1.807, 2.05) is 0 Å². The molecule has 1 heterocycles. The van der Waals surface area contributed by atoms with Gasteiger partial charge in [0.2, 0.25) is 0 Å². The summed E-state index contributed by atoms with van der Waals surface area (Å²) in [7, 11) is 0. The third-order valence-corrected chi connectivity index (χ3v) is 1.64. The SMILES string of the molecule is O=COc1cscc1OC=O. The van der Waals surface area contributed by atoms with Crippen LogP contribution < -0.4 is 9.47 Å². The predicted octanol–water partition coefficient (Wildman–Crippen LogP) is 0.818. The van der Waals surface area contributed by atoms with Crippen LogP contribution in [-0.4, -0.2) is 12.9 Å². The molecule has 0 aromatic carbocycles. The molecule has 1 aromatic rings. The van der Waals surface area contributed by atoms with Gasteiger partial charge in [0.05, 0.1) is 0 Å². The van der Waals surface area contributed by atoms with Crippen LogP contribution in [0, 0.1) is 0 Å². The molecule has 0 atom stereocenters. The molecule has 0 amide bonds. The highest BCUT2D eigenvalue weighted by Crippen LogP contribution is 2.30. The molecule has 0 fully saturated rings. The van der Waals surface area contributed by atoms with Crippen molar-refractivity contribution in [3.05, 3.63) is 10.8 Å². The van der Waals surface area contributed by atoms with E-state index in [2.05, 4.69) is 9.47 Å². The van der Waals surface area contributed by atoms with Crippen molar-refractivity contribution in [2.24, 2.45) is 0 Å². The lowest BCUT2D eigenvalue weighted by Crippen LogP contribution is -1.91. The fourth-order valence-corrected chi connectivity index (χ4v) is 1.21. The Morgan fingerprint density at radius 1 is 1.09 bits per heavy atom. The molecule has 1 rings (SSSR count). The number of ether oxygens (including phenoxy) is 2. The average molecular weight is 172 g/mol. The zero-order valence-electron chi connectivity index (χ0n) is 5.35. The first-order valence-corrected chi connectivity index (χ1v) is 3.59. The Hall–Kier alpha value is -1.36. The molecule has 4 nitrogen and oxygen atoms in total. The van der Waals surface area contributed by atoms with Crippen molar-refractivity contribution >= 4 is 24.3 Å². The molecule has 0 aliphatic carbocycles. The van der Waals surface area contributed by atoms with Crippen LogP contribution in [0.4, 0.5) is 0 Å². The van der Waals surface area contributed by atoms with Crippen molar-refractivity contribution in [2.75, 3.05) is 0 Å². The summed E-state index contributed by atoms with van der Waals surface area (Å²) in [4.78, 5) is 19.7. The maximum Gasteiger partial charge on any atom is 0.298 e. The van der Waals surface area contributed by atoms with Crippen molar-refractivity contribution in [1.29, 1.82) is 0 Å². The van der Waals surface area contributed by atoms with Crippen molar-refractivity contribution in [2.45, 2.75) is 0 Å². The van der Waals surface area contributed by atoms with Crippen LogP contribution in [0.1, 0.15) is 0 Å². The Bertz CT molecular complexity index is 230. The lowest BCUT2D eigenvalue weighted by Gasteiger charge is -1.95. The van der Waals surface area contributed by atoms with Crippen LogP contribution in [0.2, 0.25) is 0 Å². The van der Waals surface area contributed by atoms with Crippen molar-refractivity contribution in [3.8, 4) is 11.5 Å². The summed E-state index contributed by atoms with van der Waals surface area (Å²) in [6.07, 6.45) is 0. The van der Waals surface area contributed by atoms with E-state index in [1.54, 1.807) is 10.8 Å². The monoisotopic (exact) mass is 172 g/mol. The lowest BCUT2D eigenvalue weighted by atomic mass is 10.5. The standard InChI is InChI=1S/C6H4O4S/c7-3-9-5-1-11-2-6(5)10-4-8/h1-4H. The molecule has 0 saturated carbocycles. The maximum atomic E-state index is 9.87. The van der Waals surface area contributed by atoms with Crippen molar-refractivity contribution < 1.29 is 19.1 Å². The maximum absolute atomic E-state index is 9.87. The van der Waals surface area contributed by atoms with Gasteiger partial charge in [-0.3, -0.25) is 9.59 Å².